The number of aliphatic hydroxyl groups excluding tert-OH is 1. The van der Waals surface area contributed by atoms with Crippen LogP contribution in [-0.4, -0.2) is 65.6 Å². The fourth-order valence-corrected chi connectivity index (χ4v) is 5.29. The lowest BCUT2D eigenvalue weighted by Crippen LogP contribution is -2.47. The number of nitrogens with zero attached hydrogens (tertiary/aromatic N) is 2. The molecule has 3 aromatic carbocycles. The van der Waals surface area contributed by atoms with Crippen molar-refractivity contribution in [1.29, 1.82) is 0 Å². The van der Waals surface area contributed by atoms with Gasteiger partial charge in [0, 0.05) is 42.7 Å². The first kappa shape index (κ1) is 29.6. The Morgan fingerprint density at radius 1 is 1.10 bits per heavy atom. The quantitative estimate of drug-likeness (QED) is 0.352. The molecule has 1 aliphatic heterocycles. The Bertz CT molecular complexity index is 1360. The Morgan fingerprint density at radius 3 is 2.50 bits per heavy atom. The molecule has 0 bridgehead atoms. The van der Waals surface area contributed by atoms with E-state index in [2.05, 4.69) is 36.3 Å². The number of hydrogen-bond donors (Lipinski definition) is 2. The van der Waals surface area contributed by atoms with E-state index < -0.39 is 0 Å². The van der Waals surface area contributed by atoms with E-state index in [-0.39, 0.29) is 48.8 Å². The summed E-state index contributed by atoms with van der Waals surface area (Å²) in [5.74, 6) is 2.29. The lowest BCUT2D eigenvalue weighted by Gasteiger charge is -2.34. The molecule has 1 heterocycles. The average molecular weight is 572 g/mol. The second kappa shape index (κ2) is 13.4. The van der Waals surface area contributed by atoms with Gasteiger partial charge in [0.2, 0.25) is 11.8 Å². The second-order valence-electron chi connectivity index (χ2n) is 11.7. The van der Waals surface area contributed by atoms with Crippen molar-refractivity contribution in [2.45, 2.75) is 51.8 Å². The number of likely N-dealkylation sites (N-methyl/N-ethyl adjacent to an activating group) is 1. The number of benzene rings is 3. The van der Waals surface area contributed by atoms with Crippen molar-refractivity contribution < 1.29 is 24.2 Å². The van der Waals surface area contributed by atoms with Crippen LogP contribution in [0.15, 0.2) is 72.8 Å². The molecule has 0 saturated heterocycles. The fourth-order valence-electron chi connectivity index (χ4n) is 5.29. The molecule has 8 nitrogen and oxygen atoms in total. The summed E-state index contributed by atoms with van der Waals surface area (Å²) in [6.45, 7) is 5.67. The lowest BCUT2D eigenvalue weighted by molar-refractivity contribution is -0.134. The highest BCUT2D eigenvalue weighted by Gasteiger charge is 2.32. The maximum atomic E-state index is 13.4. The van der Waals surface area contributed by atoms with Gasteiger partial charge in [0.15, 0.2) is 0 Å². The number of ether oxygens (including phenoxy) is 2. The smallest absolute Gasteiger partial charge is 0.227 e. The largest absolute Gasteiger partial charge is 0.488 e. The van der Waals surface area contributed by atoms with E-state index in [0.717, 1.165) is 35.5 Å². The second-order valence-corrected chi connectivity index (χ2v) is 11.7. The summed E-state index contributed by atoms with van der Waals surface area (Å²) in [5.41, 5.74) is 2.56. The monoisotopic (exact) mass is 571 g/mol. The summed E-state index contributed by atoms with van der Waals surface area (Å²) in [6.07, 6.45) is 1.77. The van der Waals surface area contributed by atoms with E-state index in [4.69, 9.17) is 9.47 Å². The highest BCUT2D eigenvalue weighted by Crippen LogP contribution is 2.33. The first-order valence-electron chi connectivity index (χ1n) is 14.8. The molecule has 2 N–H and O–H groups in total. The van der Waals surface area contributed by atoms with Crippen molar-refractivity contribution >= 4 is 17.5 Å². The zero-order valence-electron chi connectivity index (χ0n) is 24.7. The number of carbonyl (C=O) groups is 2. The molecule has 0 radical (unpaired) electrons. The molecule has 2 amide bonds. The van der Waals surface area contributed by atoms with E-state index in [1.54, 1.807) is 4.90 Å². The van der Waals surface area contributed by atoms with E-state index in [9.17, 15) is 14.7 Å². The highest BCUT2D eigenvalue weighted by molar-refractivity contribution is 5.94. The van der Waals surface area contributed by atoms with Gasteiger partial charge in [0.1, 0.15) is 23.4 Å². The summed E-state index contributed by atoms with van der Waals surface area (Å²) >= 11 is 0. The number of nitrogens with one attached hydrogen (secondary N) is 1. The minimum absolute atomic E-state index is 0.00671. The molecular formula is C34H41N3O5. The van der Waals surface area contributed by atoms with Crippen molar-refractivity contribution in [1.82, 2.24) is 9.80 Å². The first-order valence-corrected chi connectivity index (χ1v) is 14.8. The van der Waals surface area contributed by atoms with Crippen LogP contribution in [0, 0.1) is 11.8 Å². The van der Waals surface area contributed by atoms with Gasteiger partial charge in [-0.2, -0.15) is 0 Å². The Labute approximate surface area is 248 Å². The van der Waals surface area contributed by atoms with Crippen LogP contribution in [0.1, 0.15) is 37.8 Å². The SMILES string of the molecule is C[C@@H]1CN([C@@H](C)CO)C(=O)Cc2cc(NC(=O)C3CC3)ccc2O[C@@H]1CN(C)Cc1ccc(Oc2ccccc2)cc1. The summed E-state index contributed by atoms with van der Waals surface area (Å²) in [6, 6.07) is 23.1. The number of para-hydroxylation sites is 1. The predicted molar refractivity (Wildman–Crippen MR) is 163 cm³/mol. The maximum Gasteiger partial charge on any atom is 0.227 e. The van der Waals surface area contributed by atoms with E-state index in [1.807, 2.05) is 67.6 Å². The Morgan fingerprint density at radius 2 is 1.81 bits per heavy atom. The molecule has 0 unspecified atom stereocenters. The van der Waals surface area contributed by atoms with Crippen molar-refractivity contribution in [3.05, 3.63) is 83.9 Å². The van der Waals surface area contributed by atoms with Crippen LogP contribution < -0.4 is 14.8 Å². The minimum atomic E-state index is -0.311. The number of aliphatic hydroxyl groups is 1. The Hall–Kier alpha value is -3.88. The molecule has 1 fully saturated rings. The van der Waals surface area contributed by atoms with Crippen LogP contribution in [0.2, 0.25) is 0 Å². The van der Waals surface area contributed by atoms with Crippen molar-refractivity contribution in [3.8, 4) is 17.2 Å². The van der Waals surface area contributed by atoms with Crippen LogP contribution in [0.5, 0.6) is 17.2 Å². The molecule has 0 spiro atoms. The molecule has 1 saturated carbocycles. The molecule has 5 rings (SSSR count). The molecule has 2 aliphatic rings. The number of hydrogen-bond acceptors (Lipinski definition) is 6. The third-order valence-electron chi connectivity index (χ3n) is 7.98. The van der Waals surface area contributed by atoms with Gasteiger partial charge in [-0.1, -0.05) is 37.3 Å². The first-order chi connectivity index (χ1) is 20.3. The van der Waals surface area contributed by atoms with Crippen LogP contribution in [0.3, 0.4) is 0 Å². The van der Waals surface area contributed by atoms with Crippen molar-refractivity contribution in [3.63, 3.8) is 0 Å². The molecule has 3 aromatic rings. The van der Waals surface area contributed by atoms with Crippen molar-refractivity contribution in [2.75, 3.05) is 32.1 Å². The average Bonchev–Trinajstić information content (AvgIpc) is 3.83. The van der Waals surface area contributed by atoms with Gasteiger partial charge in [-0.3, -0.25) is 14.5 Å². The van der Waals surface area contributed by atoms with Crippen LogP contribution in [0.4, 0.5) is 5.69 Å². The Balaban J connectivity index is 1.30. The molecular weight excluding hydrogens is 530 g/mol. The minimum Gasteiger partial charge on any atom is -0.488 e. The maximum absolute atomic E-state index is 13.4. The summed E-state index contributed by atoms with van der Waals surface area (Å²) < 4.78 is 12.6. The van der Waals surface area contributed by atoms with E-state index >= 15 is 0 Å². The third kappa shape index (κ3) is 7.69. The topological polar surface area (TPSA) is 91.3 Å². The third-order valence-corrected chi connectivity index (χ3v) is 7.98. The fraction of sp³-hybridized carbons (Fsp3) is 0.412. The lowest BCUT2D eigenvalue weighted by atomic mass is 10.0. The number of rotatable bonds is 10. The van der Waals surface area contributed by atoms with Crippen LogP contribution in [-0.2, 0) is 22.6 Å². The number of fused-ring (bicyclic) bond motifs is 1. The number of amides is 2. The van der Waals surface area contributed by atoms with Gasteiger partial charge in [-0.15, -0.1) is 0 Å². The molecule has 3 atom stereocenters. The van der Waals surface area contributed by atoms with Crippen LogP contribution >= 0.6 is 0 Å². The van der Waals surface area contributed by atoms with Gasteiger partial charge in [-0.05, 0) is 74.8 Å². The highest BCUT2D eigenvalue weighted by atomic mass is 16.5. The normalized spacial score (nSPS) is 19.6. The standard InChI is InChI=1S/C34H41N3O5/c1-23-19-37(24(2)22-38)33(39)18-27-17-28(35-34(40)26-11-12-26)13-16-31(27)42-32(23)21-36(3)20-25-9-14-30(15-10-25)41-29-7-5-4-6-8-29/h4-10,13-17,23-24,26,32,38H,11-12,18-22H2,1-3H3,(H,35,40)/t23-,24+,32-/m1/s1. The zero-order chi connectivity index (χ0) is 29.6. The molecule has 42 heavy (non-hydrogen) atoms. The summed E-state index contributed by atoms with van der Waals surface area (Å²) in [5, 5.41) is 12.9. The number of anilines is 1. The van der Waals surface area contributed by atoms with E-state index in [1.165, 1.54) is 0 Å². The molecule has 1 aliphatic carbocycles. The number of carbonyl (C=O) groups excluding carboxylic acids is 2. The van der Waals surface area contributed by atoms with Gasteiger partial charge in [0.25, 0.3) is 0 Å². The summed E-state index contributed by atoms with van der Waals surface area (Å²) in [4.78, 5) is 29.8. The molecule has 0 aromatic heterocycles. The van der Waals surface area contributed by atoms with Gasteiger partial charge in [-0.25, -0.2) is 0 Å². The van der Waals surface area contributed by atoms with Crippen molar-refractivity contribution in [2.24, 2.45) is 11.8 Å². The Kier molecular flexibility index (Phi) is 9.45. The molecule has 222 valence electrons. The predicted octanol–water partition coefficient (Wildman–Crippen LogP) is 5.11. The van der Waals surface area contributed by atoms with Gasteiger partial charge >= 0.3 is 0 Å². The zero-order valence-corrected chi connectivity index (χ0v) is 24.7. The van der Waals surface area contributed by atoms with E-state index in [0.29, 0.717) is 31.1 Å². The van der Waals surface area contributed by atoms with Crippen LogP contribution in [0.25, 0.3) is 0 Å². The molecule has 8 heteroatoms. The van der Waals surface area contributed by atoms with Gasteiger partial charge in [0.05, 0.1) is 19.1 Å². The van der Waals surface area contributed by atoms with Gasteiger partial charge < -0.3 is 24.8 Å². The summed E-state index contributed by atoms with van der Waals surface area (Å²) in [7, 11) is 2.06.